The third-order valence-electron chi connectivity index (χ3n) is 2.76. The average Bonchev–Trinajstić information content (AvgIpc) is 2.77. The van der Waals surface area contributed by atoms with Crippen molar-refractivity contribution in [1.29, 1.82) is 0 Å². The summed E-state index contributed by atoms with van der Waals surface area (Å²) in [6.07, 6.45) is 8.00. The van der Waals surface area contributed by atoms with Crippen LogP contribution >= 0.6 is 11.5 Å². The van der Waals surface area contributed by atoms with Gasteiger partial charge in [0.15, 0.2) is 0 Å². The molecule has 1 rings (SSSR count). The van der Waals surface area contributed by atoms with E-state index in [-0.39, 0.29) is 0 Å². The van der Waals surface area contributed by atoms with Crippen molar-refractivity contribution in [2.45, 2.75) is 65.2 Å². The Morgan fingerprint density at radius 1 is 1.12 bits per heavy atom. The van der Waals surface area contributed by atoms with Crippen molar-refractivity contribution >= 4 is 16.7 Å². The average molecular weight is 255 g/mol. The second-order valence-corrected chi connectivity index (χ2v) is 5.56. The quantitative estimate of drug-likeness (QED) is 0.663. The highest BCUT2D eigenvalue weighted by Crippen LogP contribution is 2.17. The Morgan fingerprint density at radius 3 is 2.47 bits per heavy atom. The van der Waals surface area contributed by atoms with Crippen LogP contribution in [-0.2, 0) is 0 Å². The lowest BCUT2D eigenvalue weighted by atomic mass is 10.1. The number of nitrogens with zero attached hydrogens (tertiary/aromatic N) is 2. The predicted molar refractivity (Wildman–Crippen MR) is 75.9 cm³/mol. The highest BCUT2D eigenvalue weighted by atomic mass is 32.1. The van der Waals surface area contributed by atoms with Gasteiger partial charge in [0.25, 0.3) is 0 Å². The van der Waals surface area contributed by atoms with Gasteiger partial charge in [-0.2, -0.15) is 4.37 Å². The molecule has 3 nitrogen and oxygen atoms in total. The summed E-state index contributed by atoms with van der Waals surface area (Å²) in [5.74, 6) is 1.39. The SMILES string of the molecule is CCCCCCCCNc1nc(C(C)C)ns1. The van der Waals surface area contributed by atoms with Crippen LogP contribution in [0.1, 0.15) is 71.0 Å². The second kappa shape index (κ2) is 8.45. The van der Waals surface area contributed by atoms with Gasteiger partial charge in [0.1, 0.15) is 5.82 Å². The Labute approximate surface area is 109 Å². The largest absolute Gasteiger partial charge is 0.360 e. The van der Waals surface area contributed by atoms with E-state index in [0.717, 1.165) is 17.5 Å². The van der Waals surface area contributed by atoms with E-state index in [9.17, 15) is 0 Å². The lowest BCUT2D eigenvalue weighted by Crippen LogP contribution is -2.01. The maximum atomic E-state index is 4.45. The maximum Gasteiger partial charge on any atom is 0.202 e. The van der Waals surface area contributed by atoms with E-state index < -0.39 is 0 Å². The van der Waals surface area contributed by atoms with Crippen LogP contribution in [-0.4, -0.2) is 15.9 Å². The number of nitrogens with one attached hydrogen (secondary N) is 1. The number of anilines is 1. The van der Waals surface area contributed by atoms with Gasteiger partial charge in [0.2, 0.25) is 5.13 Å². The minimum absolute atomic E-state index is 0.427. The van der Waals surface area contributed by atoms with Crippen molar-refractivity contribution in [3.8, 4) is 0 Å². The third kappa shape index (κ3) is 6.01. The molecule has 17 heavy (non-hydrogen) atoms. The molecule has 0 aromatic carbocycles. The third-order valence-corrected chi connectivity index (χ3v) is 3.45. The number of aromatic nitrogens is 2. The Morgan fingerprint density at radius 2 is 1.82 bits per heavy atom. The highest BCUT2D eigenvalue weighted by molar-refractivity contribution is 7.09. The minimum Gasteiger partial charge on any atom is -0.360 e. The lowest BCUT2D eigenvalue weighted by Gasteiger charge is -2.02. The highest BCUT2D eigenvalue weighted by Gasteiger charge is 2.06. The molecule has 0 saturated carbocycles. The zero-order chi connectivity index (χ0) is 12.5. The van der Waals surface area contributed by atoms with E-state index in [1.54, 1.807) is 0 Å². The molecule has 1 N–H and O–H groups in total. The lowest BCUT2D eigenvalue weighted by molar-refractivity contribution is 0.617. The summed E-state index contributed by atoms with van der Waals surface area (Å²) in [6, 6.07) is 0. The smallest absolute Gasteiger partial charge is 0.202 e. The van der Waals surface area contributed by atoms with Crippen molar-refractivity contribution in [1.82, 2.24) is 9.36 Å². The monoisotopic (exact) mass is 255 g/mol. The zero-order valence-electron chi connectivity index (χ0n) is 11.3. The van der Waals surface area contributed by atoms with Crippen LogP contribution in [0.25, 0.3) is 0 Å². The maximum absolute atomic E-state index is 4.45. The summed E-state index contributed by atoms with van der Waals surface area (Å²) in [5, 5.41) is 4.33. The Kier molecular flexibility index (Phi) is 7.17. The first-order valence-electron chi connectivity index (χ1n) is 6.81. The molecule has 1 aromatic rings. The summed E-state index contributed by atoms with van der Waals surface area (Å²) in [6.45, 7) is 7.53. The van der Waals surface area contributed by atoms with Crippen molar-refractivity contribution in [2.24, 2.45) is 0 Å². The van der Waals surface area contributed by atoms with Gasteiger partial charge in [-0.25, -0.2) is 4.98 Å². The van der Waals surface area contributed by atoms with Gasteiger partial charge < -0.3 is 5.32 Å². The fraction of sp³-hybridized carbons (Fsp3) is 0.846. The van der Waals surface area contributed by atoms with Crippen LogP contribution in [0.2, 0.25) is 0 Å². The number of hydrogen-bond donors (Lipinski definition) is 1. The van der Waals surface area contributed by atoms with Gasteiger partial charge >= 0.3 is 0 Å². The summed E-state index contributed by atoms with van der Waals surface area (Å²) in [7, 11) is 0. The molecular weight excluding hydrogens is 230 g/mol. The molecule has 0 saturated heterocycles. The van der Waals surface area contributed by atoms with Crippen LogP contribution in [0.4, 0.5) is 5.13 Å². The molecule has 0 radical (unpaired) electrons. The van der Waals surface area contributed by atoms with E-state index in [1.165, 1.54) is 50.1 Å². The van der Waals surface area contributed by atoms with Gasteiger partial charge in [-0.15, -0.1) is 0 Å². The van der Waals surface area contributed by atoms with Crippen LogP contribution in [0.5, 0.6) is 0 Å². The molecule has 1 heterocycles. The van der Waals surface area contributed by atoms with E-state index in [0.29, 0.717) is 5.92 Å². The molecule has 0 aliphatic heterocycles. The minimum atomic E-state index is 0.427. The van der Waals surface area contributed by atoms with Crippen molar-refractivity contribution in [3.63, 3.8) is 0 Å². The first-order valence-corrected chi connectivity index (χ1v) is 7.58. The number of unbranched alkanes of at least 4 members (excludes halogenated alkanes) is 5. The predicted octanol–water partition coefficient (Wildman–Crippen LogP) is 4.43. The fourth-order valence-corrected chi connectivity index (χ4v) is 2.37. The molecule has 1 aromatic heterocycles. The van der Waals surface area contributed by atoms with Crippen LogP contribution in [0, 0.1) is 0 Å². The van der Waals surface area contributed by atoms with Gasteiger partial charge in [-0.1, -0.05) is 52.9 Å². The first kappa shape index (κ1) is 14.4. The molecule has 0 aliphatic rings. The zero-order valence-corrected chi connectivity index (χ0v) is 12.1. The molecule has 0 fully saturated rings. The van der Waals surface area contributed by atoms with Crippen LogP contribution in [0.3, 0.4) is 0 Å². The standard InChI is InChI=1S/C13H25N3S/c1-4-5-6-7-8-9-10-14-13-15-12(11(2)3)16-17-13/h11H,4-10H2,1-3H3,(H,14,15,16). The summed E-state index contributed by atoms with van der Waals surface area (Å²) in [5.41, 5.74) is 0. The molecule has 0 unspecified atom stereocenters. The van der Waals surface area contributed by atoms with Gasteiger partial charge in [-0.3, -0.25) is 0 Å². The molecule has 0 bridgehead atoms. The first-order chi connectivity index (χ1) is 8.24. The van der Waals surface area contributed by atoms with Gasteiger partial charge in [0.05, 0.1) is 0 Å². The summed E-state index contributed by atoms with van der Waals surface area (Å²) >= 11 is 1.48. The topological polar surface area (TPSA) is 37.8 Å². The molecule has 98 valence electrons. The van der Waals surface area contributed by atoms with Gasteiger partial charge in [0, 0.05) is 24.0 Å². The molecule has 4 heteroatoms. The van der Waals surface area contributed by atoms with Gasteiger partial charge in [-0.05, 0) is 6.42 Å². The summed E-state index contributed by atoms with van der Waals surface area (Å²) in [4.78, 5) is 4.45. The summed E-state index contributed by atoms with van der Waals surface area (Å²) < 4.78 is 4.32. The van der Waals surface area contributed by atoms with Crippen molar-refractivity contribution < 1.29 is 0 Å². The van der Waals surface area contributed by atoms with Crippen molar-refractivity contribution in [2.75, 3.05) is 11.9 Å². The number of rotatable bonds is 9. The molecule has 0 aliphatic carbocycles. The van der Waals surface area contributed by atoms with E-state index in [1.807, 2.05) is 0 Å². The Bertz CT molecular complexity index is 297. The van der Waals surface area contributed by atoms with E-state index in [2.05, 4.69) is 35.4 Å². The van der Waals surface area contributed by atoms with Crippen molar-refractivity contribution in [3.05, 3.63) is 5.82 Å². The molecule has 0 atom stereocenters. The Hall–Kier alpha value is -0.640. The fourth-order valence-electron chi connectivity index (χ4n) is 1.64. The van der Waals surface area contributed by atoms with E-state index >= 15 is 0 Å². The normalized spacial score (nSPS) is 11.1. The van der Waals surface area contributed by atoms with Crippen LogP contribution < -0.4 is 5.32 Å². The Balaban J connectivity index is 2.05. The molecule has 0 spiro atoms. The second-order valence-electron chi connectivity index (χ2n) is 4.81. The molecule has 0 amide bonds. The number of hydrogen-bond acceptors (Lipinski definition) is 4. The molecular formula is C13H25N3S. The van der Waals surface area contributed by atoms with E-state index in [4.69, 9.17) is 0 Å². The van der Waals surface area contributed by atoms with Crippen LogP contribution in [0.15, 0.2) is 0 Å².